The zero-order valence-electron chi connectivity index (χ0n) is 11.8. The average Bonchev–Trinajstić information content (AvgIpc) is 2.29. The van der Waals surface area contributed by atoms with Crippen LogP contribution in [0.25, 0.3) is 0 Å². The number of nitrogens with one attached hydrogen (secondary N) is 1. The summed E-state index contributed by atoms with van der Waals surface area (Å²) in [4.78, 5) is 24.4. The molecule has 1 aromatic carbocycles. The lowest BCUT2D eigenvalue weighted by Gasteiger charge is -2.37. The normalized spacial score (nSPS) is 15.7. The lowest BCUT2D eigenvalue weighted by molar-refractivity contribution is -0.139. The third-order valence-electron chi connectivity index (χ3n) is 3.52. The smallest absolute Gasteiger partial charge is 0.303 e. The minimum Gasteiger partial charge on any atom is -0.481 e. The maximum absolute atomic E-state index is 11.9. The highest BCUT2D eigenvalue weighted by atomic mass is 16.4. The molecule has 1 amide bonds. The molecule has 108 valence electrons. The molecular weight excluding hydrogens is 256 g/mol. The Morgan fingerprint density at radius 3 is 2.65 bits per heavy atom. The summed E-state index contributed by atoms with van der Waals surface area (Å²) in [5.41, 5.74) is 3.05. The second-order valence-electron chi connectivity index (χ2n) is 5.52. The van der Waals surface area contributed by atoms with Crippen LogP contribution in [0.5, 0.6) is 0 Å². The number of rotatable bonds is 5. The van der Waals surface area contributed by atoms with E-state index in [9.17, 15) is 9.59 Å². The SMILES string of the molecule is Cc1ccc(NC(=O)CN2CC(CC(=O)O)C2)c(C)c1. The second-order valence-corrected chi connectivity index (χ2v) is 5.52. The molecule has 5 heteroatoms. The number of aliphatic carboxylic acids is 1. The van der Waals surface area contributed by atoms with E-state index in [0.29, 0.717) is 19.6 Å². The first-order valence-corrected chi connectivity index (χ1v) is 6.75. The van der Waals surface area contributed by atoms with Crippen molar-refractivity contribution in [2.45, 2.75) is 20.3 Å². The standard InChI is InChI=1S/C15H20N2O3/c1-10-3-4-13(11(2)5-10)16-14(18)9-17-7-12(8-17)6-15(19)20/h3-5,12H,6-9H2,1-2H3,(H,16,18)(H,19,20). The summed E-state index contributed by atoms with van der Waals surface area (Å²) in [7, 11) is 0. The third-order valence-corrected chi connectivity index (χ3v) is 3.52. The lowest BCUT2D eigenvalue weighted by Crippen LogP contribution is -2.50. The van der Waals surface area contributed by atoms with Crippen LogP contribution >= 0.6 is 0 Å². The molecule has 1 fully saturated rings. The van der Waals surface area contributed by atoms with Crippen LogP contribution in [-0.4, -0.2) is 41.5 Å². The lowest BCUT2D eigenvalue weighted by atomic mass is 9.96. The number of hydrogen-bond donors (Lipinski definition) is 2. The van der Waals surface area contributed by atoms with Crippen LogP contribution < -0.4 is 5.32 Å². The van der Waals surface area contributed by atoms with Gasteiger partial charge in [-0.2, -0.15) is 0 Å². The fraction of sp³-hybridized carbons (Fsp3) is 0.467. The third kappa shape index (κ3) is 3.81. The fourth-order valence-electron chi connectivity index (χ4n) is 2.53. The number of anilines is 1. The van der Waals surface area contributed by atoms with Crippen molar-refractivity contribution in [3.63, 3.8) is 0 Å². The Hall–Kier alpha value is -1.88. The number of nitrogens with zero attached hydrogens (tertiary/aromatic N) is 1. The van der Waals surface area contributed by atoms with Gasteiger partial charge in [-0.15, -0.1) is 0 Å². The number of carbonyl (C=O) groups is 2. The number of aryl methyl sites for hydroxylation is 2. The van der Waals surface area contributed by atoms with Crippen LogP contribution in [-0.2, 0) is 9.59 Å². The van der Waals surface area contributed by atoms with Crippen LogP contribution in [0.2, 0.25) is 0 Å². The van der Waals surface area contributed by atoms with Crippen LogP contribution in [0.1, 0.15) is 17.5 Å². The van der Waals surface area contributed by atoms with Crippen molar-refractivity contribution in [1.82, 2.24) is 4.90 Å². The highest BCUT2D eigenvalue weighted by Gasteiger charge is 2.29. The summed E-state index contributed by atoms with van der Waals surface area (Å²) in [5.74, 6) is -0.637. The van der Waals surface area contributed by atoms with Gasteiger partial charge >= 0.3 is 5.97 Å². The van der Waals surface area contributed by atoms with E-state index in [1.807, 2.05) is 36.9 Å². The van der Waals surface area contributed by atoms with E-state index >= 15 is 0 Å². The molecule has 1 heterocycles. The zero-order valence-corrected chi connectivity index (χ0v) is 11.8. The van der Waals surface area contributed by atoms with Gasteiger partial charge in [-0.05, 0) is 31.4 Å². The summed E-state index contributed by atoms with van der Waals surface area (Å²) in [6, 6.07) is 5.91. The molecule has 1 aromatic rings. The van der Waals surface area contributed by atoms with Gasteiger partial charge in [-0.3, -0.25) is 14.5 Å². The van der Waals surface area contributed by atoms with E-state index in [1.54, 1.807) is 0 Å². The summed E-state index contributed by atoms with van der Waals surface area (Å²) in [6.07, 6.45) is 0.190. The zero-order chi connectivity index (χ0) is 14.7. The molecule has 5 nitrogen and oxygen atoms in total. The predicted octanol–water partition coefficient (Wildman–Crippen LogP) is 1.65. The maximum Gasteiger partial charge on any atom is 0.303 e. The Balaban J connectivity index is 1.78. The average molecular weight is 276 g/mol. The monoisotopic (exact) mass is 276 g/mol. The fourth-order valence-corrected chi connectivity index (χ4v) is 2.53. The van der Waals surface area contributed by atoms with Crippen LogP contribution in [0.15, 0.2) is 18.2 Å². The maximum atomic E-state index is 11.9. The molecule has 0 aromatic heterocycles. The number of benzene rings is 1. The topological polar surface area (TPSA) is 69.6 Å². The second kappa shape index (κ2) is 6.05. The van der Waals surface area contributed by atoms with Crippen molar-refractivity contribution in [2.75, 3.05) is 25.0 Å². The van der Waals surface area contributed by atoms with E-state index < -0.39 is 5.97 Å². The van der Waals surface area contributed by atoms with Gasteiger partial charge in [0.2, 0.25) is 5.91 Å². The highest BCUT2D eigenvalue weighted by molar-refractivity contribution is 5.93. The Bertz CT molecular complexity index is 522. The van der Waals surface area contributed by atoms with Crippen LogP contribution in [0.4, 0.5) is 5.69 Å². The van der Waals surface area contributed by atoms with E-state index in [4.69, 9.17) is 5.11 Å². The number of hydrogen-bond acceptors (Lipinski definition) is 3. The number of carbonyl (C=O) groups excluding carboxylic acids is 1. The van der Waals surface area contributed by atoms with Crippen molar-refractivity contribution in [1.29, 1.82) is 0 Å². The van der Waals surface area contributed by atoms with Crippen molar-refractivity contribution in [3.05, 3.63) is 29.3 Å². The number of carboxylic acid groups (broad SMARTS) is 1. The first-order chi connectivity index (χ1) is 9.44. The van der Waals surface area contributed by atoms with E-state index in [-0.39, 0.29) is 18.2 Å². The molecule has 20 heavy (non-hydrogen) atoms. The summed E-state index contributed by atoms with van der Waals surface area (Å²) in [6.45, 7) is 5.68. The Kier molecular flexibility index (Phi) is 4.39. The van der Waals surface area contributed by atoms with Crippen LogP contribution in [0.3, 0.4) is 0 Å². The molecule has 2 rings (SSSR count). The van der Waals surface area contributed by atoms with Gasteiger partial charge in [0, 0.05) is 18.8 Å². The minimum atomic E-state index is -0.769. The molecule has 0 spiro atoms. The largest absolute Gasteiger partial charge is 0.481 e. The van der Waals surface area contributed by atoms with Crippen molar-refractivity contribution in [2.24, 2.45) is 5.92 Å². The van der Waals surface area contributed by atoms with Crippen molar-refractivity contribution < 1.29 is 14.7 Å². The molecule has 1 aliphatic heterocycles. The molecule has 0 saturated carbocycles. The summed E-state index contributed by atoms with van der Waals surface area (Å²) in [5, 5.41) is 11.6. The first kappa shape index (κ1) is 14.5. The number of carboxylic acids is 1. The van der Waals surface area contributed by atoms with Gasteiger partial charge in [-0.25, -0.2) is 0 Å². The quantitative estimate of drug-likeness (QED) is 0.858. The predicted molar refractivity (Wildman–Crippen MR) is 76.7 cm³/mol. The van der Waals surface area contributed by atoms with Gasteiger partial charge in [0.15, 0.2) is 0 Å². The molecule has 1 aliphatic rings. The Morgan fingerprint density at radius 1 is 1.35 bits per heavy atom. The van der Waals surface area contributed by atoms with Gasteiger partial charge < -0.3 is 10.4 Å². The van der Waals surface area contributed by atoms with Gasteiger partial charge in [0.25, 0.3) is 0 Å². The molecule has 0 unspecified atom stereocenters. The Morgan fingerprint density at radius 2 is 2.05 bits per heavy atom. The number of likely N-dealkylation sites (tertiary alicyclic amines) is 1. The molecule has 1 saturated heterocycles. The first-order valence-electron chi connectivity index (χ1n) is 6.75. The Labute approximate surface area is 118 Å². The summed E-state index contributed by atoms with van der Waals surface area (Å²) < 4.78 is 0. The van der Waals surface area contributed by atoms with Gasteiger partial charge in [0.05, 0.1) is 13.0 Å². The minimum absolute atomic E-state index is 0.0503. The molecule has 2 N–H and O–H groups in total. The molecule has 0 bridgehead atoms. The molecule has 0 aliphatic carbocycles. The van der Waals surface area contributed by atoms with Gasteiger partial charge in [0.1, 0.15) is 0 Å². The number of amides is 1. The highest BCUT2D eigenvalue weighted by Crippen LogP contribution is 2.19. The summed E-state index contributed by atoms with van der Waals surface area (Å²) >= 11 is 0. The molecule has 0 radical (unpaired) electrons. The molecule has 0 atom stereocenters. The van der Waals surface area contributed by atoms with Gasteiger partial charge in [-0.1, -0.05) is 17.7 Å². The molecular formula is C15H20N2O3. The van der Waals surface area contributed by atoms with Crippen molar-refractivity contribution in [3.8, 4) is 0 Å². The van der Waals surface area contributed by atoms with Crippen LogP contribution in [0, 0.1) is 19.8 Å². The van der Waals surface area contributed by atoms with E-state index in [2.05, 4.69) is 5.32 Å². The van der Waals surface area contributed by atoms with Crippen molar-refractivity contribution >= 4 is 17.6 Å². The van der Waals surface area contributed by atoms with E-state index in [0.717, 1.165) is 11.3 Å². The van der Waals surface area contributed by atoms with E-state index in [1.165, 1.54) is 5.56 Å².